The van der Waals surface area contributed by atoms with E-state index in [1.54, 1.807) is 12.1 Å². The van der Waals surface area contributed by atoms with E-state index in [-0.39, 0.29) is 5.75 Å². The number of aromatic hydroxyl groups is 1. The van der Waals surface area contributed by atoms with Gasteiger partial charge in [-0.1, -0.05) is 20.4 Å². The number of nitrogens with two attached hydrogens (primary N) is 1. The molecule has 0 aliphatic rings. The molecule has 0 unspecified atom stereocenters. The summed E-state index contributed by atoms with van der Waals surface area (Å²) in [6, 6.07) is 4.90. The van der Waals surface area contributed by atoms with Crippen molar-refractivity contribution in [3.8, 4) is 5.75 Å². The van der Waals surface area contributed by atoms with E-state index < -0.39 is 0 Å². The van der Waals surface area contributed by atoms with Crippen LogP contribution in [0.5, 0.6) is 5.75 Å². The van der Waals surface area contributed by atoms with Crippen LogP contribution < -0.4 is 5.73 Å². The number of benzene rings is 1. The molecule has 0 bridgehead atoms. The molecule has 3 N–H and O–H groups in total. The summed E-state index contributed by atoms with van der Waals surface area (Å²) in [7, 11) is 0. The van der Waals surface area contributed by atoms with E-state index in [1.165, 1.54) is 6.07 Å². The third-order valence-corrected chi connectivity index (χ3v) is 1.70. The minimum absolute atomic E-state index is 0.151. The molecule has 0 amide bonds. The van der Waals surface area contributed by atoms with Crippen molar-refractivity contribution in [2.45, 2.75) is 18.7 Å². The smallest absolute Gasteiger partial charge is 0.128 e. The van der Waals surface area contributed by atoms with E-state index in [0.717, 1.165) is 5.56 Å². The Hall–Kier alpha value is -1.09. The summed E-state index contributed by atoms with van der Waals surface area (Å²) in [4.78, 5) is 0.508. The summed E-state index contributed by atoms with van der Waals surface area (Å²) in [5.74, 6) is 0.151. The predicted molar refractivity (Wildman–Crippen MR) is 59.9 cm³/mol. The Morgan fingerprint density at radius 3 is 2.38 bits per heavy atom. The molecule has 3 heteroatoms. The molecule has 0 saturated carbocycles. The largest absolute Gasteiger partial charge is 0.507 e. The number of hydrogen-bond donors (Lipinski definition) is 3. The molecule has 13 heavy (non-hydrogen) atoms. The van der Waals surface area contributed by atoms with Crippen LogP contribution in [0.1, 0.15) is 19.4 Å². The number of phenols is 1. The van der Waals surface area contributed by atoms with Crippen LogP contribution in [-0.2, 0) is 0 Å². The van der Waals surface area contributed by atoms with Crippen molar-refractivity contribution in [1.29, 1.82) is 0 Å². The number of hydrogen-bond acceptors (Lipinski definition) is 3. The van der Waals surface area contributed by atoms with E-state index in [4.69, 9.17) is 10.8 Å². The first kappa shape index (κ1) is 11.9. The summed E-state index contributed by atoms with van der Waals surface area (Å²) < 4.78 is 0. The lowest BCUT2D eigenvalue weighted by Crippen LogP contribution is -1.92. The Morgan fingerprint density at radius 2 is 2.00 bits per heavy atom. The van der Waals surface area contributed by atoms with Gasteiger partial charge >= 0.3 is 0 Å². The third kappa shape index (κ3) is 3.42. The van der Waals surface area contributed by atoms with Crippen LogP contribution in [0.2, 0.25) is 0 Å². The summed E-state index contributed by atoms with van der Waals surface area (Å²) in [5, 5.41) is 9.08. The molecule has 0 radical (unpaired) electrons. The first-order chi connectivity index (χ1) is 6.11. The van der Waals surface area contributed by atoms with Crippen LogP contribution in [0.3, 0.4) is 0 Å². The first-order valence-electron chi connectivity index (χ1n) is 4.08. The van der Waals surface area contributed by atoms with Gasteiger partial charge in [-0.25, -0.2) is 0 Å². The maximum atomic E-state index is 9.08. The molecule has 1 aromatic carbocycles. The molecule has 72 valence electrons. The van der Waals surface area contributed by atoms with Crippen molar-refractivity contribution in [3.05, 3.63) is 30.3 Å². The van der Waals surface area contributed by atoms with Gasteiger partial charge in [0.25, 0.3) is 0 Å². The van der Waals surface area contributed by atoms with Crippen LogP contribution in [0.25, 0.3) is 5.70 Å². The summed E-state index contributed by atoms with van der Waals surface area (Å²) in [6.45, 7) is 7.56. The molecule has 2 nitrogen and oxygen atoms in total. The van der Waals surface area contributed by atoms with E-state index in [1.807, 2.05) is 13.8 Å². The van der Waals surface area contributed by atoms with Gasteiger partial charge in [0.2, 0.25) is 0 Å². The van der Waals surface area contributed by atoms with Gasteiger partial charge in [-0.15, -0.1) is 12.6 Å². The zero-order chi connectivity index (χ0) is 10.4. The van der Waals surface area contributed by atoms with Crippen LogP contribution in [-0.4, -0.2) is 5.11 Å². The van der Waals surface area contributed by atoms with Crippen LogP contribution >= 0.6 is 12.6 Å². The molecule has 0 heterocycles. The molecule has 0 atom stereocenters. The third-order valence-electron chi connectivity index (χ3n) is 1.35. The standard InChI is InChI=1S/C8H9NOS.C2H6/c1-5(9)6-2-3-7(10)8(11)4-6;1-2/h2-4,10-11H,1,9H2;1-2H3. The van der Waals surface area contributed by atoms with E-state index >= 15 is 0 Å². The van der Waals surface area contributed by atoms with Crippen molar-refractivity contribution in [1.82, 2.24) is 0 Å². The van der Waals surface area contributed by atoms with Gasteiger partial charge in [-0.3, -0.25) is 0 Å². The summed E-state index contributed by atoms with van der Waals surface area (Å²) in [6.07, 6.45) is 0. The minimum atomic E-state index is 0.151. The Balaban J connectivity index is 0.000000671. The lowest BCUT2D eigenvalue weighted by Gasteiger charge is -2.01. The number of thiol groups is 1. The van der Waals surface area contributed by atoms with E-state index in [0.29, 0.717) is 10.6 Å². The van der Waals surface area contributed by atoms with Crippen molar-refractivity contribution < 1.29 is 5.11 Å². The number of rotatable bonds is 1. The maximum absolute atomic E-state index is 9.08. The molecule has 0 spiro atoms. The molecule has 1 rings (SSSR count). The molecule has 0 saturated heterocycles. The Bertz CT molecular complexity index is 297. The number of phenolic OH excluding ortho intramolecular Hbond substituents is 1. The van der Waals surface area contributed by atoms with Crippen molar-refractivity contribution >= 4 is 18.3 Å². The SMILES string of the molecule is C=C(N)c1ccc(O)c(S)c1.CC. The molecule has 0 aromatic heterocycles. The maximum Gasteiger partial charge on any atom is 0.128 e. The predicted octanol–water partition coefficient (Wildman–Crippen LogP) is 2.64. The average molecular weight is 197 g/mol. The zero-order valence-electron chi connectivity index (χ0n) is 7.91. The lowest BCUT2D eigenvalue weighted by atomic mass is 10.2. The van der Waals surface area contributed by atoms with Crippen molar-refractivity contribution in [2.24, 2.45) is 5.73 Å². The summed E-state index contributed by atoms with van der Waals surface area (Å²) >= 11 is 4.02. The fraction of sp³-hybridized carbons (Fsp3) is 0.200. The fourth-order valence-corrected chi connectivity index (χ4v) is 0.937. The summed E-state index contributed by atoms with van der Waals surface area (Å²) in [5.41, 5.74) is 6.68. The lowest BCUT2D eigenvalue weighted by molar-refractivity contribution is 0.462. The van der Waals surface area contributed by atoms with Gasteiger partial charge in [0.1, 0.15) is 5.75 Å². The highest BCUT2D eigenvalue weighted by Gasteiger charge is 1.98. The zero-order valence-corrected chi connectivity index (χ0v) is 8.81. The normalized spacial score (nSPS) is 8.54. The van der Waals surface area contributed by atoms with Gasteiger partial charge < -0.3 is 10.8 Å². The highest BCUT2D eigenvalue weighted by Crippen LogP contribution is 2.23. The topological polar surface area (TPSA) is 46.2 Å². The molecule has 0 aliphatic carbocycles. The Morgan fingerprint density at radius 1 is 1.46 bits per heavy atom. The minimum Gasteiger partial charge on any atom is -0.507 e. The van der Waals surface area contributed by atoms with Gasteiger partial charge in [0, 0.05) is 10.6 Å². The monoisotopic (exact) mass is 197 g/mol. The van der Waals surface area contributed by atoms with Crippen molar-refractivity contribution in [3.63, 3.8) is 0 Å². The molecule has 0 fully saturated rings. The second-order valence-electron chi connectivity index (χ2n) is 2.23. The van der Waals surface area contributed by atoms with E-state index in [9.17, 15) is 0 Å². The Labute approximate surface area is 84.5 Å². The average Bonchev–Trinajstić information content (AvgIpc) is 2.13. The second-order valence-corrected chi connectivity index (χ2v) is 2.71. The molecular weight excluding hydrogens is 182 g/mol. The quantitative estimate of drug-likeness (QED) is 0.606. The van der Waals surface area contributed by atoms with Crippen LogP contribution in [0.4, 0.5) is 0 Å². The van der Waals surface area contributed by atoms with Gasteiger partial charge in [0.15, 0.2) is 0 Å². The van der Waals surface area contributed by atoms with Gasteiger partial charge in [-0.05, 0) is 23.8 Å². The highest BCUT2D eigenvalue weighted by atomic mass is 32.1. The van der Waals surface area contributed by atoms with Gasteiger partial charge in [-0.2, -0.15) is 0 Å². The first-order valence-corrected chi connectivity index (χ1v) is 4.52. The molecule has 0 aliphatic heterocycles. The molecule has 1 aromatic rings. The van der Waals surface area contributed by atoms with E-state index in [2.05, 4.69) is 19.2 Å². The Kier molecular flexibility index (Phi) is 5.07. The van der Waals surface area contributed by atoms with Gasteiger partial charge in [0.05, 0.1) is 0 Å². The second kappa shape index (κ2) is 5.54. The molecular formula is C10H15NOS. The highest BCUT2D eigenvalue weighted by molar-refractivity contribution is 7.80. The van der Waals surface area contributed by atoms with Crippen molar-refractivity contribution in [2.75, 3.05) is 0 Å². The van der Waals surface area contributed by atoms with Crippen LogP contribution in [0.15, 0.2) is 29.7 Å². The fourth-order valence-electron chi connectivity index (χ4n) is 0.723. The van der Waals surface area contributed by atoms with Crippen LogP contribution in [0, 0.1) is 0 Å².